The number of hydrogen-bond acceptors (Lipinski definition) is 8. The highest BCUT2D eigenvalue weighted by atomic mass is 32.1. The molecule has 25 heavy (non-hydrogen) atoms. The van der Waals surface area contributed by atoms with Gasteiger partial charge in [-0.2, -0.15) is 0 Å². The van der Waals surface area contributed by atoms with Crippen LogP contribution in [0.1, 0.15) is 39.9 Å². The highest BCUT2D eigenvalue weighted by Crippen LogP contribution is 2.38. The van der Waals surface area contributed by atoms with Crippen molar-refractivity contribution in [3.63, 3.8) is 0 Å². The smallest absolute Gasteiger partial charge is 0.271 e. The molecular formula is C16H15N5O2S2. The van der Waals surface area contributed by atoms with E-state index in [0.717, 1.165) is 40.7 Å². The molecule has 4 rings (SSSR count). The van der Waals surface area contributed by atoms with Crippen LogP contribution in [0.3, 0.4) is 0 Å². The molecule has 2 heterocycles. The van der Waals surface area contributed by atoms with Gasteiger partial charge in [-0.1, -0.05) is 22.2 Å². The Kier molecular flexibility index (Phi) is 4.41. The minimum Gasteiger partial charge on any atom is -0.497 e. The van der Waals surface area contributed by atoms with Crippen molar-refractivity contribution in [3.8, 4) is 17.0 Å². The van der Waals surface area contributed by atoms with E-state index in [1.807, 2.05) is 24.3 Å². The van der Waals surface area contributed by atoms with E-state index in [0.29, 0.717) is 21.6 Å². The van der Waals surface area contributed by atoms with Crippen LogP contribution in [0.2, 0.25) is 0 Å². The van der Waals surface area contributed by atoms with Gasteiger partial charge in [0.1, 0.15) is 21.3 Å². The van der Waals surface area contributed by atoms with Crippen LogP contribution >= 0.6 is 22.9 Å². The first-order valence-electron chi connectivity index (χ1n) is 7.86. The Labute approximate surface area is 152 Å². The van der Waals surface area contributed by atoms with Crippen molar-refractivity contribution in [2.45, 2.75) is 25.2 Å². The molecule has 0 saturated heterocycles. The van der Waals surface area contributed by atoms with Gasteiger partial charge in [0.25, 0.3) is 5.91 Å². The van der Waals surface area contributed by atoms with Crippen molar-refractivity contribution in [3.05, 3.63) is 34.2 Å². The van der Waals surface area contributed by atoms with Gasteiger partial charge in [-0.15, -0.1) is 15.3 Å². The Balaban J connectivity index is 1.52. The van der Waals surface area contributed by atoms with Gasteiger partial charge in [-0.05, 0) is 48.6 Å². The molecule has 1 fully saturated rings. The fourth-order valence-electron chi connectivity index (χ4n) is 2.54. The Morgan fingerprint density at radius 1 is 1.20 bits per heavy atom. The lowest BCUT2D eigenvalue weighted by Crippen LogP contribution is -2.11. The average Bonchev–Trinajstić information content (AvgIpc) is 3.23. The number of ether oxygens (including phenoxy) is 1. The largest absolute Gasteiger partial charge is 0.497 e. The zero-order valence-electron chi connectivity index (χ0n) is 13.4. The Morgan fingerprint density at radius 3 is 2.68 bits per heavy atom. The van der Waals surface area contributed by atoms with Crippen molar-refractivity contribution in [2.24, 2.45) is 0 Å². The predicted octanol–water partition coefficient (Wildman–Crippen LogP) is 3.59. The first kappa shape index (κ1) is 16.1. The first-order chi connectivity index (χ1) is 12.2. The van der Waals surface area contributed by atoms with E-state index >= 15 is 0 Å². The second-order valence-corrected chi connectivity index (χ2v) is 7.47. The second kappa shape index (κ2) is 6.85. The maximum absolute atomic E-state index is 12.6. The third kappa shape index (κ3) is 3.24. The quantitative estimate of drug-likeness (QED) is 0.735. The van der Waals surface area contributed by atoms with Crippen LogP contribution in [0.5, 0.6) is 5.75 Å². The van der Waals surface area contributed by atoms with E-state index in [-0.39, 0.29) is 5.91 Å². The fourth-order valence-corrected chi connectivity index (χ4v) is 4.03. The maximum atomic E-state index is 12.6. The highest BCUT2D eigenvalue weighted by Gasteiger charge is 2.25. The van der Waals surface area contributed by atoms with Crippen molar-refractivity contribution in [1.29, 1.82) is 0 Å². The van der Waals surface area contributed by atoms with Crippen LogP contribution in [-0.2, 0) is 0 Å². The summed E-state index contributed by atoms with van der Waals surface area (Å²) in [7, 11) is 1.61. The predicted molar refractivity (Wildman–Crippen MR) is 96.4 cm³/mol. The number of amides is 1. The number of aromatic nitrogens is 4. The molecule has 1 saturated carbocycles. The lowest BCUT2D eigenvalue weighted by Gasteiger charge is -2.21. The van der Waals surface area contributed by atoms with Crippen LogP contribution in [0, 0.1) is 0 Å². The van der Waals surface area contributed by atoms with Crippen LogP contribution in [0.15, 0.2) is 24.3 Å². The molecule has 128 valence electrons. The van der Waals surface area contributed by atoms with Gasteiger partial charge in [-0.3, -0.25) is 10.1 Å². The zero-order chi connectivity index (χ0) is 17.2. The molecule has 1 aromatic carbocycles. The van der Waals surface area contributed by atoms with Crippen molar-refractivity contribution >= 4 is 33.9 Å². The molecule has 3 aromatic rings. The standard InChI is InChI=1S/C16H15N5O2S2/c1-23-11-7-5-9(6-8-11)12-13(25-21-18-12)14(22)17-16-20-19-15(24-16)10-3-2-4-10/h5-8,10H,2-4H2,1H3,(H,17,20,22). The molecule has 0 aliphatic heterocycles. The normalized spacial score (nSPS) is 14.1. The second-order valence-electron chi connectivity index (χ2n) is 5.71. The number of nitrogens with one attached hydrogen (secondary N) is 1. The maximum Gasteiger partial charge on any atom is 0.271 e. The number of benzene rings is 1. The molecule has 0 bridgehead atoms. The zero-order valence-corrected chi connectivity index (χ0v) is 15.1. The fraction of sp³-hybridized carbons (Fsp3) is 0.312. The SMILES string of the molecule is COc1ccc(-c2nnsc2C(=O)Nc2nnc(C3CCC3)s2)cc1. The summed E-state index contributed by atoms with van der Waals surface area (Å²) in [6.07, 6.45) is 3.55. The summed E-state index contributed by atoms with van der Waals surface area (Å²) >= 11 is 2.50. The highest BCUT2D eigenvalue weighted by molar-refractivity contribution is 7.15. The Hall–Kier alpha value is -2.39. The number of nitrogens with zero attached hydrogens (tertiary/aromatic N) is 4. The molecule has 1 amide bonds. The Morgan fingerprint density at radius 2 is 2.00 bits per heavy atom. The minimum absolute atomic E-state index is 0.267. The van der Waals surface area contributed by atoms with Crippen molar-refractivity contribution < 1.29 is 9.53 Å². The molecule has 2 aromatic heterocycles. The van der Waals surface area contributed by atoms with Gasteiger partial charge < -0.3 is 4.74 Å². The van der Waals surface area contributed by atoms with Gasteiger partial charge in [0.05, 0.1) is 7.11 Å². The summed E-state index contributed by atoms with van der Waals surface area (Å²) < 4.78 is 9.08. The van der Waals surface area contributed by atoms with E-state index in [4.69, 9.17) is 4.74 Å². The van der Waals surface area contributed by atoms with Crippen molar-refractivity contribution in [1.82, 2.24) is 19.8 Å². The first-order valence-corrected chi connectivity index (χ1v) is 9.45. The Bertz CT molecular complexity index is 886. The molecule has 1 aliphatic carbocycles. The average molecular weight is 373 g/mol. The number of carbonyl (C=O) groups is 1. The third-order valence-corrected chi connectivity index (χ3v) is 5.90. The van der Waals surface area contributed by atoms with E-state index in [9.17, 15) is 4.79 Å². The topological polar surface area (TPSA) is 89.9 Å². The molecule has 9 heteroatoms. The summed E-state index contributed by atoms with van der Waals surface area (Å²) in [6.45, 7) is 0. The van der Waals surface area contributed by atoms with E-state index in [1.54, 1.807) is 7.11 Å². The van der Waals surface area contributed by atoms with E-state index in [1.165, 1.54) is 17.8 Å². The van der Waals surface area contributed by atoms with Gasteiger partial charge in [0.15, 0.2) is 0 Å². The van der Waals surface area contributed by atoms with Gasteiger partial charge >= 0.3 is 0 Å². The summed E-state index contributed by atoms with van der Waals surface area (Å²) in [5, 5.41) is 16.7. The molecule has 1 N–H and O–H groups in total. The molecule has 1 aliphatic rings. The minimum atomic E-state index is -0.267. The molecule has 0 spiro atoms. The number of carbonyl (C=O) groups excluding carboxylic acids is 1. The van der Waals surface area contributed by atoms with E-state index in [2.05, 4.69) is 25.1 Å². The van der Waals surface area contributed by atoms with Crippen LogP contribution in [-0.4, -0.2) is 32.8 Å². The van der Waals surface area contributed by atoms with Crippen LogP contribution < -0.4 is 10.1 Å². The number of rotatable bonds is 5. The molecule has 7 nitrogen and oxygen atoms in total. The van der Waals surface area contributed by atoms with Crippen LogP contribution in [0.4, 0.5) is 5.13 Å². The van der Waals surface area contributed by atoms with Crippen LogP contribution in [0.25, 0.3) is 11.3 Å². The lowest BCUT2D eigenvalue weighted by molar-refractivity contribution is 0.103. The van der Waals surface area contributed by atoms with Gasteiger partial charge in [0, 0.05) is 11.5 Å². The molecule has 0 radical (unpaired) electrons. The van der Waals surface area contributed by atoms with E-state index < -0.39 is 0 Å². The molecule has 0 unspecified atom stereocenters. The summed E-state index contributed by atoms with van der Waals surface area (Å²) in [5.41, 5.74) is 1.36. The van der Waals surface area contributed by atoms with Gasteiger partial charge in [0.2, 0.25) is 5.13 Å². The number of methoxy groups -OCH3 is 1. The summed E-state index contributed by atoms with van der Waals surface area (Å²) in [6, 6.07) is 7.36. The summed E-state index contributed by atoms with van der Waals surface area (Å²) in [4.78, 5) is 13.0. The lowest BCUT2D eigenvalue weighted by atomic mass is 9.86. The molecule has 0 atom stereocenters. The molecular weight excluding hydrogens is 358 g/mol. The number of hydrogen-bond donors (Lipinski definition) is 1. The van der Waals surface area contributed by atoms with Crippen molar-refractivity contribution in [2.75, 3.05) is 12.4 Å². The third-order valence-electron chi connectivity index (χ3n) is 4.17. The summed E-state index contributed by atoms with van der Waals surface area (Å²) in [5.74, 6) is 0.982. The number of anilines is 1. The monoisotopic (exact) mass is 373 g/mol. The van der Waals surface area contributed by atoms with Gasteiger partial charge in [-0.25, -0.2) is 0 Å².